The van der Waals surface area contributed by atoms with Gasteiger partial charge in [-0.15, -0.1) is 0 Å². The molecule has 19 heavy (non-hydrogen) atoms. The van der Waals surface area contributed by atoms with Crippen LogP contribution >= 0.6 is 0 Å². The largest absolute Gasteiger partial charge is 0.329 e. The van der Waals surface area contributed by atoms with Crippen LogP contribution in [-0.4, -0.2) is 18.0 Å². The van der Waals surface area contributed by atoms with Crippen molar-refractivity contribution in [3.05, 3.63) is 42.5 Å². The predicted molar refractivity (Wildman–Crippen MR) is 74.0 cm³/mol. The van der Waals surface area contributed by atoms with Crippen molar-refractivity contribution < 1.29 is 9.59 Å². The monoisotopic (exact) mass is 254 g/mol. The van der Waals surface area contributed by atoms with E-state index in [0.717, 1.165) is 10.8 Å². The fourth-order valence-corrected chi connectivity index (χ4v) is 2.44. The number of imide groups is 1. The summed E-state index contributed by atoms with van der Waals surface area (Å²) in [6.07, 6.45) is 0.603. The van der Waals surface area contributed by atoms with Crippen LogP contribution in [-0.2, 0) is 4.79 Å². The third-order valence-corrected chi connectivity index (χ3v) is 3.44. The van der Waals surface area contributed by atoms with Crippen molar-refractivity contribution in [2.24, 2.45) is 0 Å². The standard InChI is InChI=1S/C15H14N2O2/c1-2-12-14(18)17(15(19)16-12)13-9-5-7-10-6-3-4-8-11(10)13/h3-9,12H,2H2,1H3,(H,16,19). The van der Waals surface area contributed by atoms with Crippen molar-refractivity contribution in [2.45, 2.75) is 19.4 Å². The molecule has 1 saturated heterocycles. The van der Waals surface area contributed by atoms with E-state index in [-0.39, 0.29) is 11.9 Å². The number of rotatable bonds is 2. The van der Waals surface area contributed by atoms with Crippen molar-refractivity contribution >= 4 is 28.4 Å². The second-order valence-electron chi connectivity index (χ2n) is 4.58. The number of nitrogens with zero attached hydrogens (tertiary/aromatic N) is 1. The maximum absolute atomic E-state index is 12.2. The molecule has 2 aromatic rings. The third kappa shape index (κ3) is 1.76. The van der Waals surface area contributed by atoms with Gasteiger partial charge >= 0.3 is 6.03 Å². The minimum absolute atomic E-state index is 0.177. The summed E-state index contributed by atoms with van der Waals surface area (Å²) in [5.41, 5.74) is 0.650. The van der Waals surface area contributed by atoms with Gasteiger partial charge in [0.05, 0.1) is 5.69 Å². The molecule has 3 amide bonds. The maximum atomic E-state index is 12.2. The number of carbonyl (C=O) groups excluding carboxylic acids is 2. The SMILES string of the molecule is CCC1NC(=O)N(c2cccc3ccccc23)C1=O. The Labute approximate surface area is 111 Å². The van der Waals surface area contributed by atoms with Gasteiger partial charge < -0.3 is 5.32 Å². The lowest BCUT2D eigenvalue weighted by Gasteiger charge is -2.15. The molecule has 1 heterocycles. The van der Waals surface area contributed by atoms with Crippen LogP contribution in [0.5, 0.6) is 0 Å². The maximum Gasteiger partial charge on any atom is 0.329 e. The first kappa shape index (κ1) is 11.7. The van der Waals surface area contributed by atoms with Crippen molar-refractivity contribution in [1.29, 1.82) is 0 Å². The summed E-state index contributed by atoms with van der Waals surface area (Å²) in [5.74, 6) is -0.177. The van der Waals surface area contributed by atoms with E-state index in [1.54, 1.807) is 6.07 Å². The van der Waals surface area contributed by atoms with E-state index in [0.29, 0.717) is 12.1 Å². The fraction of sp³-hybridized carbons (Fsp3) is 0.200. The first-order valence-corrected chi connectivity index (χ1v) is 6.34. The van der Waals surface area contributed by atoms with E-state index in [9.17, 15) is 9.59 Å². The third-order valence-electron chi connectivity index (χ3n) is 3.44. The molecule has 2 aromatic carbocycles. The zero-order chi connectivity index (χ0) is 13.4. The van der Waals surface area contributed by atoms with Gasteiger partial charge in [-0.3, -0.25) is 4.79 Å². The predicted octanol–water partition coefficient (Wildman–Crippen LogP) is 2.67. The molecule has 4 nitrogen and oxygen atoms in total. The van der Waals surface area contributed by atoms with Crippen molar-refractivity contribution in [3.63, 3.8) is 0 Å². The zero-order valence-electron chi connectivity index (χ0n) is 10.6. The van der Waals surface area contributed by atoms with E-state index in [4.69, 9.17) is 0 Å². The Bertz CT molecular complexity index is 661. The minimum Gasteiger partial charge on any atom is -0.325 e. The van der Waals surface area contributed by atoms with Gasteiger partial charge in [0.25, 0.3) is 5.91 Å². The molecule has 1 N–H and O–H groups in total. The van der Waals surface area contributed by atoms with E-state index < -0.39 is 6.04 Å². The summed E-state index contributed by atoms with van der Waals surface area (Å²) in [6.45, 7) is 1.88. The Hall–Kier alpha value is -2.36. The van der Waals surface area contributed by atoms with Crippen LogP contribution in [0.1, 0.15) is 13.3 Å². The number of benzene rings is 2. The van der Waals surface area contributed by atoms with Crippen LogP contribution in [0.4, 0.5) is 10.5 Å². The molecule has 1 fully saturated rings. The molecule has 1 aliphatic heterocycles. The minimum atomic E-state index is -0.411. The second-order valence-corrected chi connectivity index (χ2v) is 4.58. The number of urea groups is 1. The smallest absolute Gasteiger partial charge is 0.325 e. The molecule has 0 bridgehead atoms. The average Bonchev–Trinajstić information content (AvgIpc) is 2.73. The van der Waals surface area contributed by atoms with Gasteiger partial charge in [-0.25, -0.2) is 9.69 Å². The van der Waals surface area contributed by atoms with Gasteiger partial charge in [-0.2, -0.15) is 0 Å². The Morgan fingerprint density at radius 2 is 1.84 bits per heavy atom. The lowest BCUT2D eigenvalue weighted by molar-refractivity contribution is -0.118. The Morgan fingerprint density at radius 1 is 1.11 bits per heavy atom. The lowest BCUT2D eigenvalue weighted by Crippen LogP contribution is -2.31. The summed E-state index contributed by atoms with van der Waals surface area (Å²) in [6, 6.07) is 12.6. The molecule has 0 saturated carbocycles. The van der Waals surface area contributed by atoms with E-state index in [1.807, 2.05) is 43.3 Å². The number of nitrogens with one attached hydrogen (secondary N) is 1. The Kier molecular flexibility index (Phi) is 2.71. The fourth-order valence-electron chi connectivity index (χ4n) is 2.44. The zero-order valence-corrected chi connectivity index (χ0v) is 10.6. The normalized spacial score (nSPS) is 19.0. The molecule has 96 valence electrons. The average molecular weight is 254 g/mol. The van der Waals surface area contributed by atoms with Crippen LogP contribution in [0.15, 0.2) is 42.5 Å². The number of carbonyl (C=O) groups is 2. The molecule has 0 aliphatic carbocycles. The topological polar surface area (TPSA) is 49.4 Å². The van der Waals surface area contributed by atoms with Crippen molar-refractivity contribution in [1.82, 2.24) is 5.32 Å². The van der Waals surface area contributed by atoms with Gasteiger partial charge in [0, 0.05) is 5.39 Å². The molecule has 4 heteroatoms. The van der Waals surface area contributed by atoms with Crippen molar-refractivity contribution in [2.75, 3.05) is 4.90 Å². The molecule has 1 aliphatic rings. The molecule has 0 radical (unpaired) electrons. The molecule has 0 spiro atoms. The highest BCUT2D eigenvalue weighted by Crippen LogP contribution is 2.29. The summed E-state index contributed by atoms with van der Waals surface area (Å²) in [7, 11) is 0. The molecule has 1 atom stereocenters. The van der Waals surface area contributed by atoms with E-state index in [2.05, 4.69) is 5.32 Å². The number of hydrogen-bond acceptors (Lipinski definition) is 2. The number of anilines is 1. The quantitative estimate of drug-likeness (QED) is 0.838. The first-order valence-electron chi connectivity index (χ1n) is 6.34. The van der Waals surface area contributed by atoms with Crippen LogP contribution in [0, 0.1) is 0 Å². The summed E-state index contributed by atoms with van der Waals surface area (Å²) in [4.78, 5) is 25.5. The van der Waals surface area contributed by atoms with Crippen LogP contribution in [0.3, 0.4) is 0 Å². The van der Waals surface area contributed by atoms with Gasteiger partial charge in [-0.05, 0) is 17.9 Å². The molecule has 3 rings (SSSR count). The first-order chi connectivity index (χ1) is 9.22. The van der Waals surface area contributed by atoms with E-state index >= 15 is 0 Å². The Balaban J connectivity index is 2.15. The summed E-state index contributed by atoms with van der Waals surface area (Å²) >= 11 is 0. The number of amides is 3. The number of fused-ring (bicyclic) bond motifs is 1. The second kappa shape index (κ2) is 4.39. The van der Waals surface area contributed by atoms with Gasteiger partial charge in [0.2, 0.25) is 0 Å². The van der Waals surface area contributed by atoms with Crippen LogP contribution in [0.2, 0.25) is 0 Å². The van der Waals surface area contributed by atoms with E-state index in [1.165, 1.54) is 4.90 Å². The number of hydrogen-bond donors (Lipinski definition) is 1. The highest BCUT2D eigenvalue weighted by Gasteiger charge is 2.38. The highest BCUT2D eigenvalue weighted by molar-refractivity contribution is 6.24. The lowest BCUT2D eigenvalue weighted by atomic mass is 10.1. The molecular formula is C15H14N2O2. The van der Waals surface area contributed by atoms with Gasteiger partial charge in [-0.1, -0.05) is 43.3 Å². The Morgan fingerprint density at radius 3 is 2.58 bits per heavy atom. The molecule has 1 unspecified atom stereocenters. The molecule has 0 aromatic heterocycles. The van der Waals surface area contributed by atoms with Gasteiger partial charge in [0.1, 0.15) is 6.04 Å². The van der Waals surface area contributed by atoms with Crippen molar-refractivity contribution in [3.8, 4) is 0 Å². The van der Waals surface area contributed by atoms with Gasteiger partial charge in [0.15, 0.2) is 0 Å². The van der Waals surface area contributed by atoms with Crippen LogP contribution < -0.4 is 10.2 Å². The molecular weight excluding hydrogens is 240 g/mol. The summed E-state index contributed by atoms with van der Waals surface area (Å²) in [5, 5.41) is 4.63. The van der Waals surface area contributed by atoms with Crippen LogP contribution in [0.25, 0.3) is 10.8 Å². The highest BCUT2D eigenvalue weighted by atomic mass is 16.2. The summed E-state index contributed by atoms with van der Waals surface area (Å²) < 4.78 is 0.